The quantitative estimate of drug-likeness (QED) is 0.872. The molecule has 1 rings (SSSR count). The van der Waals surface area contributed by atoms with E-state index < -0.39 is 6.04 Å². The highest BCUT2D eigenvalue weighted by Crippen LogP contribution is 2.33. The highest BCUT2D eigenvalue weighted by molar-refractivity contribution is 9.10. The largest absolute Gasteiger partial charge is 0.508 e. The number of phenols is 1. The van der Waals surface area contributed by atoms with Gasteiger partial charge in [0.2, 0.25) is 0 Å². The molecule has 0 aromatic heterocycles. The lowest BCUT2D eigenvalue weighted by molar-refractivity contribution is 0.461. The second-order valence-electron chi connectivity index (χ2n) is 2.79. The third-order valence-electron chi connectivity index (χ3n) is 1.78. The molecule has 0 unspecified atom stereocenters. The van der Waals surface area contributed by atoms with Gasteiger partial charge in [0.15, 0.2) is 0 Å². The van der Waals surface area contributed by atoms with Gasteiger partial charge in [-0.1, -0.05) is 11.6 Å². The van der Waals surface area contributed by atoms with Crippen molar-refractivity contribution in [2.75, 3.05) is 0 Å². The van der Waals surface area contributed by atoms with Crippen LogP contribution in [0.3, 0.4) is 0 Å². The van der Waals surface area contributed by atoms with Crippen LogP contribution in [0.2, 0.25) is 5.02 Å². The Morgan fingerprint density at radius 2 is 2.29 bits per heavy atom. The average molecular weight is 276 g/mol. The fraction of sp³-hybridized carbons (Fsp3) is 0.222. The number of phenolic OH excluding ortho intramolecular Hbond substituents is 1. The molecule has 0 radical (unpaired) electrons. The maximum absolute atomic E-state index is 9.53. The highest BCUT2D eigenvalue weighted by atomic mass is 79.9. The second-order valence-corrected chi connectivity index (χ2v) is 4.06. The number of hydrogen-bond acceptors (Lipinski definition) is 3. The molecule has 0 aliphatic heterocycles. The molecule has 0 saturated heterocycles. The standard InChI is InChI=1S/C9H8BrClN2O/c10-6-4-9(14)5(3-7(6)11)8(13)1-2-12/h3-4,8,14H,1,13H2/t8-/m1/s1. The Morgan fingerprint density at radius 3 is 2.86 bits per heavy atom. The molecule has 0 saturated carbocycles. The van der Waals surface area contributed by atoms with E-state index in [-0.39, 0.29) is 12.2 Å². The Bertz CT molecular complexity index is 389. The van der Waals surface area contributed by atoms with Crippen LogP contribution >= 0.6 is 27.5 Å². The maximum Gasteiger partial charge on any atom is 0.121 e. The van der Waals surface area contributed by atoms with Crippen LogP contribution in [0.4, 0.5) is 0 Å². The van der Waals surface area contributed by atoms with Crippen LogP contribution in [0.15, 0.2) is 16.6 Å². The molecule has 3 nitrogen and oxygen atoms in total. The predicted molar refractivity (Wildman–Crippen MR) is 58.0 cm³/mol. The Balaban J connectivity index is 3.10. The first kappa shape index (κ1) is 11.3. The van der Waals surface area contributed by atoms with Gasteiger partial charge in [0.05, 0.1) is 17.5 Å². The van der Waals surface area contributed by atoms with Crippen molar-refractivity contribution in [3.8, 4) is 11.8 Å². The molecule has 1 aromatic rings. The Kier molecular flexibility index (Phi) is 3.76. The zero-order chi connectivity index (χ0) is 10.7. The molecule has 5 heteroatoms. The van der Waals surface area contributed by atoms with Gasteiger partial charge in [-0.25, -0.2) is 0 Å². The molecule has 0 heterocycles. The topological polar surface area (TPSA) is 70.0 Å². The molecule has 1 atom stereocenters. The Hall–Kier alpha value is -0.760. The van der Waals surface area contributed by atoms with Crippen LogP contribution in [0.1, 0.15) is 18.0 Å². The van der Waals surface area contributed by atoms with Crippen LogP contribution in [0.25, 0.3) is 0 Å². The number of halogens is 2. The summed E-state index contributed by atoms with van der Waals surface area (Å²) < 4.78 is 0.601. The Morgan fingerprint density at radius 1 is 1.64 bits per heavy atom. The highest BCUT2D eigenvalue weighted by Gasteiger charge is 2.12. The molecule has 14 heavy (non-hydrogen) atoms. The van der Waals surface area contributed by atoms with E-state index in [1.54, 1.807) is 6.07 Å². The monoisotopic (exact) mass is 274 g/mol. The summed E-state index contributed by atoms with van der Waals surface area (Å²) in [5.74, 6) is 0.0454. The molecular formula is C9H8BrClN2O. The van der Waals surface area contributed by atoms with E-state index in [1.165, 1.54) is 6.07 Å². The maximum atomic E-state index is 9.53. The summed E-state index contributed by atoms with van der Waals surface area (Å²) in [6.45, 7) is 0. The predicted octanol–water partition coefficient (Wildman–Crippen LogP) is 2.72. The van der Waals surface area contributed by atoms with Crippen molar-refractivity contribution in [1.82, 2.24) is 0 Å². The fourth-order valence-corrected chi connectivity index (χ4v) is 1.56. The van der Waals surface area contributed by atoms with E-state index in [0.717, 1.165) is 0 Å². The lowest BCUT2D eigenvalue weighted by Gasteiger charge is -2.11. The minimum atomic E-state index is -0.509. The van der Waals surface area contributed by atoms with Gasteiger partial charge in [0, 0.05) is 16.1 Å². The number of hydrogen-bond donors (Lipinski definition) is 2. The van der Waals surface area contributed by atoms with Gasteiger partial charge in [-0.2, -0.15) is 5.26 Å². The molecule has 0 bridgehead atoms. The number of rotatable bonds is 2. The first-order valence-corrected chi connectivity index (χ1v) is 5.03. The van der Waals surface area contributed by atoms with Crippen molar-refractivity contribution in [2.45, 2.75) is 12.5 Å². The fourth-order valence-electron chi connectivity index (χ4n) is 1.06. The van der Waals surface area contributed by atoms with Crippen molar-refractivity contribution in [3.05, 3.63) is 27.2 Å². The minimum Gasteiger partial charge on any atom is -0.508 e. The molecular weight excluding hydrogens is 267 g/mol. The third-order valence-corrected chi connectivity index (χ3v) is 2.98. The van der Waals surface area contributed by atoms with E-state index >= 15 is 0 Å². The van der Waals surface area contributed by atoms with E-state index in [9.17, 15) is 5.11 Å². The van der Waals surface area contributed by atoms with Crippen LogP contribution in [0, 0.1) is 11.3 Å². The summed E-state index contributed by atoms with van der Waals surface area (Å²) in [4.78, 5) is 0. The van der Waals surface area contributed by atoms with Gasteiger partial charge in [0.1, 0.15) is 5.75 Å². The lowest BCUT2D eigenvalue weighted by Crippen LogP contribution is -2.09. The van der Waals surface area contributed by atoms with Crippen LogP contribution in [-0.4, -0.2) is 5.11 Å². The molecule has 74 valence electrons. The van der Waals surface area contributed by atoms with E-state index in [4.69, 9.17) is 22.6 Å². The SMILES string of the molecule is N#CC[C@@H](N)c1cc(Cl)c(Br)cc1O. The average Bonchev–Trinajstić information content (AvgIpc) is 2.11. The molecule has 1 aromatic carbocycles. The molecule has 3 N–H and O–H groups in total. The number of benzene rings is 1. The summed E-state index contributed by atoms with van der Waals surface area (Å²) in [6.07, 6.45) is 0.144. The zero-order valence-corrected chi connectivity index (χ0v) is 9.51. The summed E-state index contributed by atoms with van der Waals surface area (Å²) in [6, 6.07) is 4.45. The normalized spacial score (nSPS) is 12.1. The molecule has 0 aliphatic carbocycles. The van der Waals surface area contributed by atoms with Gasteiger partial charge in [-0.3, -0.25) is 0 Å². The van der Waals surface area contributed by atoms with Crippen LogP contribution < -0.4 is 5.73 Å². The van der Waals surface area contributed by atoms with Crippen molar-refractivity contribution < 1.29 is 5.11 Å². The molecule has 0 spiro atoms. The summed E-state index contributed by atoms with van der Waals surface area (Å²) in [5, 5.41) is 18.5. The van der Waals surface area contributed by atoms with E-state index in [0.29, 0.717) is 15.1 Å². The second kappa shape index (κ2) is 4.65. The molecule has 0 fully saturated rings. The van der Waals surface area contributed by atoms with Crippen LogP contribution in [0.5, 0.6) is 5.75 Å². The summed E-state index contributed by atoms with van der Waals surface area (Å²) >= 11 is 9.00. The minimum absolute atomic E-state index is 0.0454. The van der Waals surface area contributed by atoms with Crippen molar-refractivity contribution in [1.29, 1.82) is 5.26 Å². The Labute approximate surface area is 95.2 Å². The van der Waals surface area contributed by atoms with Gasteiger partial charge < -0.3 is 10.8 Å². The lowest BCUT2D eigenvalue weighted by atomic mass is 10.0. The molecule has 0 aliphatic rings. The smallest absolute Gasteiger partial charge is 0.121 e. The van der Waals surface area contributed by atoms with E-state index in [1.807, 2.05) is 6.07 Å². The van der Waals surface area contributed by atoms with Gasteiger partial charge in [-0.15, -0.1) is 0 Å². The zero-order valence-electron chi connectivity index (χ0n) is 7.17. The number of aromatic hydroxyl groups is 1. The van der Waals surface area contributed by atoms with Crippen molar-refractivity contribution in [2.24, 2.45) is 5.73 Å². The van der Waals surface area contributed by atoms with Gasteiger partial charge in [-0.05, 0) is 28.1 Å². The summed E-state index contributed by atoms with van der Waals surface area (Å²) in [5.41, 5.74) is 6.15. The van der Waals surface area contributed by atoms with Crippen molar-refractivity contribution >= 4 is 27.5 Å². The third kappa shape index (κ3) is 2.38. The summed E-state index contributed by atoms with van der Waals surface area (Å²) in [7, 11) is 0. The number of nitriles is 1. The van der Waals surface area contributed by atoms with Gasteiger partial charge >= 0.3 is 0 Å². The first-order chi connectivity index (χ1) is 6.56. The number of nitrogens with zero attached hydrogens (tertiary/aromatic N) is 1. The van der Waals surface area contributed by atoms with E-state index in [2.05, 4.69) is 15.9 Å². The molecule has 0 amide bonds. The number of nitrogens with two attached hydrogens (primary N) is 1. The first-order valence-electron chi connectivity index (χ1n) is 3.86. The van der Waals surface area contributed by atoms with Crippen LogP contribution in [-0.2, 0) is 0 Å². The van der Waals surface area contributed by atoms with Crippen molar-refractivity contribution in [3.63, 3.8) is 0 Å². The van der Waals surface area contributed by atoms with Gasteiger partial charge in [0.25, 0.3) is 0 Å².